The minimum Gasteiger partial charge on any atom is -0.494 e. The molecule has 0 bridgehead atoms. The number of hydrogen-bond donors (Lipinski definition) is 2. The van der Waals surface area contributed by atoms with E-state index in [9.17, 15) is 9.90 Å². The molecule has 0 saturated carbocycles. The van der Waals surface area contributed by atoms with Crippen LogP contribution in [0.2, 0.25) is 0 Å². The highest BCUT2D eigenvalue weighted by atomic mass is 16.5. The van der Waals surface area contributed by atoms with Gasteiger partial charge in [0.05, 0.1) is 12.7 Å². The molecule has 1 atom stereocenters. The molecule has 0 aromatic heterocycles. The van der Waals surface area contributed by atoms with Crippen LogP contribution in [0.4, 0.5) is 0 Å². The van der Waals surface area contributed by atoms with Crippen LogP contribution in [0.25, 0.3) is 0 Å². The summed E-state index contributed by atoms with van der Waals surface area (Å²) in [5.74, 6) is 0.540. The number of aliphatic hydroxyl groups excluding tert-OH is 1. The highest BCUT2D eigenvalue weighted by molar-refractivity contribution is 5.94. The Balaban J connectivity index is 1.81. The summed E-state index contributed by atoms with van der Waals surface area (Å²) in [7, 11) is 0. The van der Waals surface area contributed by atoms with Crippen molar-refractivity contribution in [2.75, 3.05) is 13.2 Å². The number of rotatable bonds is 7. The third-order valence-electron chi connectivity index (χ3n) is 3.24. The molecule has 0 fully saturated rings. The zero-order valence-corrected chi connectivity index (χ0v) is 12.7. The summed E-state index contributed by atoms with van der Waals surface area (Å²) < 4.78 is 5.33. The van der Waals surface area contributed by atoms with E-state index < -0.39 is 6.10 Å². The summed E-state index contributed by atoms with van der Waals surface area (Å²) in [6.45, 7) is 2.73. The molecule has 1 amide bonds. The first-order valence-electron chi connectivity index (χ1n) is 7.42. The smallest absolute Gasteiger partial charge is 0.251 e. The molecule has 0 aliphatic rings. The minimum atomic E-state index is -0.603. The van der Waals surface area contributed by atoms with Crippen LogP contribution in [-0.2, 0) is 6.42 Å². The first kappa shape index (κ1) is 16.0. The highest BCUT2D eigenvalue weighted by Gasteiger charge is 2.09. The second-order valence-electron chi connectivity index (χ2n) is 5.01. The fourth-order valence-electron chi connectivity index (χ4n) is 2.14. The Morgan fingerprint density at radius 1 is 1.14 bits per heavy atom. The number of carbonyl (C=O) groups is 1. The molecule has 2 N–H and O–H groups in total. The lowest BCUT2D eigenvalue weighted by Crippen LogP contribution is -2.33. The monoisotopic (exact) mass is 299 g/mol. The maximum atomic E-state index is 12.0. The van der Waals surface area contributed by atoms with Crippen molar-refractivity contribution in [3.63, 3.8) is 0 Å². The molecule has 2 aromatic carbocycles. The van der Waals surface area contributed by atoms with Gasteiger partial charge in [-0.2, -0.15) is 0 Å². The molecule has 0 radical (unpaired) electrons. The number of ether oxygens (including phenoxy) is 1. The van der Waals surface area contributed by atoms with E-state index in [0.717, 1.165) is 11.3 Å². The second kappa shape index (κ2) is 8.20. The number of amides is 1. The summed E-state index contributed by atoms with van der Waals surface area (Å²) in [6, 6.07) is 16.7. The first-order valence-corrected chi connectivity index (χ1v) is 7.42. The summed E-state index contributed by atoms with van der Waals surface area (Å²) >= 11 is 0. The average molecular weight is 299 g/mol. The van der Waals surface area contributed by atoms with Gasteiger partial charge in [0, 0.05) is 18.5 Å². The van der Waals surface area contributed by atoms with Crippen molar-refractivity contribution in [2.45, 2.75) is 19.4 Å². The van der Waals surface area contributed by atoms with Gasteiger partial charge in [-0.1, -0.05) is 30.3 Å². The van der Waals surface area contributed by atoms with Gasteiger partial charge in [0.25, 0.3) is 5.91 Å². The SMILES string of the molecule is CCOc1ccc(C(=O)NCC(O)Cc2ccccc2)cc1. The third kappa shape index (κ3) is 4.90. The van der Waals surface area contributed by atoms with Crippen LogP contribution in [0, 0.1) is 0 Å². The van der Waals surface area contributed by atoms with Gasteiger partial charge < -0.3 is 15.2 Å². The topological polar surface area (TPSA) is 58.6 Å². The third-order valence-corrected chi connectivity index (χ3v) is 3.24. The van der Waals surface area contributed by atoms with Crippen molar-refractivity contribution in [2.24, 2.45) is 0 Å². The Morgan fingerprint density at radius 3 is 2.45 bits per heavy atom. The van der Waals surface area contributed by atoms with Gasteiger partial charge in [0.1, 0.15) is 5.75 Å². The quantitative estimate of drug-likeness (QED) is 0.825. The van der Waals surface area contributed by atoms with Crippen molar-refractivity contribution in [1.82, 2.24) is 5.32 Å². The largest absolute Gasteiger partial charge is 0.494 e. The maximum absolute atomic E-state index is 12.0. The molecule has 1 unspecified atom stereocenters. The van der Waals surface area contributed by atoms with Gasteiger partial charge in [-0.3, -0.25) is 4.79 Å². The molecule has 0 heterocycles. The number of benzene rings is 2. The van der Waals surface area contributed by atoms with E-state index in [0.29, 0.717) is 18.6 Å². The van der Waals surface area contributed by atoms with Crippen LogP contribution in [0.5, 0.6) is 5.75 Å². The van der Waals surface area contributed by atoms with Crippen LogP contribution in [0.3, 0.4) is 0 Å². The Hall–Kier alpha value is -2.33. The summed E-state index contributed by atoms with van der Waals surface area (Å²) in [5.41, 5.74) is 1.60. The molecule has 0 aliphatic carbocycles. The molecule has 4 heteroatoms. The number of aliphatic hydroxyl groups is 1. The van der Waals surface area contributed by atoms with Gasteiger partial charge in [0.2, 0.25) is 0 Å². The summed E-state index contributed by atoms with van der Waals surface area (Å²) in [6.07, 6.45) is -0.0845. The lowest BCUT2D eigenvalue weighted by Gasteiger charge is -2.12. The van der Waals surface area contributed by atoms with Gasteiger partial charge in [-0.25, -0.2) is 0 Å². The van der Waals surface area contributed by atoms with Gasteiger partial charge in [0.15, 0.2) is 0 Å². The zero-order chi connectivity index (χ0) is 15.8. The first-order chi connectivity index (χ1) is 10.7. The van der Waals surface area contributed by atoms with Crippen LogP contribution in [0.1, 0.15) is 22.8 Å². The fourth-order valence-corrected chi connectivity index (χ4v) is 2.14. The van der Waals surface area contributed by atoms with E-state index in [1.54, 1.807) is 24.3 Å². The van der Waals surface area contributed by atoms with E-state index in [2.05, 4.69) is 5.32 Å². The van der Waals surface area contributed by atoms with E-state index in [4.69, 9.17) is 4.74 Å². The summed E-state index contributed by atoms with van der Waals surface area (Å²) in [5, 5.41) is 12.7. The number of hydrogen-bond acceptors (Lipinski definition) is 3. The van der Waals surface area contributed by atoms with E-state index >= 15 is 0 Å². The number of carbonyl (C=O) groups excluding carboxylic acids is 1. The van der Waals surface area contributed by atoms with Crippen LogP contribution >= 0.6 is 0 Å². The standard InChI is InChI=1S/C18H21NO3/c1-2-22-17-10-8-15(9-11-17)18(21)19-13-16(20)12-14-6-4-3-5-7-14/h3-11,16,20H,2,12-13H2,1H3,(H,19,21). The van der Waals surface area contributed by atoms with Crippen molar-refractivity contribution >= 4 is 5.91 Å². The molecule has 116 valence electrons. The van der Waals surface area contributed by atoms with E-state index in [1.807, 2.05) is 37.3 Å². The Kier molecular flexibility index (Phi) is 5.98. The second-order valence-corrected chi connectivity index (χ2v) is 5.01. The van der Waals surface area contributed by atoms with Crippen LogP contribution < -0.4 is 10.1 Å². The molecule has 0 spiro atoms. The van der Waals surface area contributed by atoms with E-state index in [-0.39, 0.29) is 12.5 Å². The molecule has 4 nitrogen and oxygen atoms in total. The molecular formula is C18H21NO3. The van der Waals surface area contributed by atoms with Gasteiger partial charge >= 0.3 is 0 Å². The fraction of sp³-hybridized carbons (Fsp3) is 0.278. The van der Waals surface area contributed by atoms with Crippen molar-refractivity contribution in [1.29, 1.82) is 0 Å². The van der Waals surface area contributed by atoms with Crippen molar-refractivity contribution in [3.8, 4) is 5.75 Å². The van der Waals surface area contributed by atoms with Crippen molar-refractivity contribution < 1.29 is 14.6 Å². The predicted molar refractivity (Wildman–Crippen MR) is 86.1 cm³/mol. The van der Waals surface area contributed by atoms with Gasteiger partial charge in [-0.15, -0.1) is 0 Å². The Labute approximate surface area is 130 Å². The lowest BCUT2D eigenvalue weighted by molar-refractivity contribution is 0.0916. The highest BCUT2D eigenvalue weighted by Crippen LogP contribution is 2.12. The lowest BCUT2D eigenvalue weighted by atomic mass is 10.1. The maximum Gasteiger partial charge on any atom is 0.251 e. The minimum absolute atomic E-state index is 0.199. The van der Waals surface area contributed by atoms with Crippen LogP contribution in [-0.4, -0.2) is 30.3 Å². The summed E-state index contributed by atoms with van der Waals surface area (Å²) in [4.78, 5) is 12.0. The van der Waals surface area contributed by atoms with E-state index in [1.165, 1.54) is 0 Å². The molecule has 22 heavy (non-hydrogen) atoms. The normalized spacial score (nSPS) is 11.7. The van der Waals surface area contributed by atoms with Crippen molar-refractivity contribution in [3.05, 3.63) is 65.7 Å². The molecule has 2 aromatic rings. The van der Waals surface area contributed by atoms with Gasteiger partial charge in [-0.05, 0) is 36.8 Å². The molecular weight excluding hydrogens is 278 g/mol. The average Bonchev–Trinajstić information content (AvgIpc) is 2.54. The Morgan fingerprint density at radius 2 is 1.82 bits per heavy atom. The van der Waals surface area contributed by atoms with Crippen LogP contribution in [0.15, 0.2) is 54.6 Å². The molecule has 0 aliphatic heterocycles. The molecule has 2 rings (SSSR count). The molecule has 0 saturated heterocycles. The predicted octanol–water partition coefficient (Wildman–Crippen LogP) is 2.42. The zero-order valence-electron chi connectivity index (χ0n) is 12.7. The Bertz CT molecular complexity index is 581. The number of nitrogens with one attached hydrogen (secondary N) is 1.